The number of benzene rings is 3. The van der Waals surface area contributed by atoms with Crippen molar-refractivity contribution in [3.05, 3.63) is 89.7 Å². The minimum absolute atomic E-state index is 0.168. The summed E-state index contributed by atoms with van der Waals surface area (Å²) in [6, 6.07) is 20.7. The molecule has 4 aromatic rings. The first kappa shape index (κ1) is 23.8. The van der Waals surface area contributed by atoms with Gasteiger partial charge in [0.25, 0.3) is 5.91 Å². The number of anilines is 1. The quantitative estimate of drug-likeness (QED) is 0.413. The largest absolute Gasteiger partial charge is 0.322 e. The fraction of sp³-hybridized carbons (Fsp3) is 0.192. The number of sulfone groups is 1. The molecule has 10 heteroatoms. The van der Waals surface area contributed by atoms with Crippen LogP contribution in [0.2, 0.25) is 0 Å². The van der Waals surface area contributed by atoms with Crippen LogP contribution in [0.5, 0.6) is 0 Å². The van der Waals surface area contributed by atoms with Crippen LogP contribution in [0.25, 0.3) is 22.8 Å². The minimum atomic E-state index is -2.93. The highest BCUT2D eigenvalue weighted by Gasteiger charge is 2.21. The van der Waals surface area contributed by atoms with Crippen LogP contribution in [0.15, 0.2) is 72.8 Å². The molecule has 1 aromatic heterocycles. The van der Waals surface area contributed by atoms with Crippen LogP contribution in [-0.2, 0) is 16.4 Å². The third kappa shape index (κ3) is 5.50. The van der Waals surface area contributed by atoms with E-state index in [1.54, 1.807) is 48.5 Å². The highest BCUT2D eigenvalue weighted by Crippen LogP contribution is 2.23. The molecule has 5 rings (SSSR count). The zero-order valence-corrected chi connectivity index (χ0v) is 20.1. The van der Waals surface area contributed by atoms with Crippen molar-refractivity contribution in [1.29, 1.82) is 0 Å². The van der Waals surface area contributed by atoms with Crippen molar-refractivity contribution >= 4 is 21.4 Å². The molecule has 1 saturated heterocycles. The summed E-state index contributed by atoms with van der Waals surface area (Å²) in [6.45, 7) is 1.59. The number of hydrogen-bond donors (Lipinski definition) is 2. The Kier molecular flexibility index (Phi) is 6.62. The maximum atomic E-state index is 14.0. The van der Waals surface area contributed by atoms with Gasteiger partial charge in [-0.1, -0.05) is 24.3 Å². The number of aromatic amines is 1. The predicted molar refractivity (Wildman–Crippen MR) is 136 cm³/mol. The predicted octanol–water partition coefficient (Wildman–Crippen LogP) is 3.76. The molecule has 0 radical (unpaired) electrons. The van der Waals surface area contributed by atoms with E-state index in [0.717, 1.165) is 11.1 Å². The lowest BCUT2D eigenvalue weighted by molar-refractivity contribution is 0.102. The molecule has 0 bridgehead atoms. The molecule has 0 unspecified atom stereocenters. The monoisotopic (exact) mass is 505 g/mol. The first-order valence-corrected chi connectivity index (χ1v) is 13.3. The van der Waals surface area contributed by atoms with Gasteiger partial charge in [0.05, 0.1) is 17.1 Å². The van der Waals surface area contributed by atoms with Crippen molar-refractivity contribution in [2.45, 2.75) is 6.54 Å². The van der Waals surface area contributed by atoms with E-state index >= 15 is 0 Å². The Morgan fingerprint density at radius 1 is 1.00 bits per heavy atom. The number of nitrogens with one attached hydrogen (secondary N) is 2. The molecule has 36 heavy (non-hydrogen) atoms. The molecule has 0 spiro atoms. The van der Waals surface area contributed by atoms with Gasteiger partial charge in [-0.05, 0) is 54.1 Å². The first-order chi connectivity index (χ1) is 17.4. The van der Waals surface area contributed by atoms with E-state index in [-0.39, 0.29) is 23.2 Å². The third-order valence-electron chi connectivity index (χ3n) is 6.05. The van der Waals surface area contributed by atoms with Crippen LogP contribution in [-0.4, -0.2) is 59.0 Å². The van der Waals surface area contributed by atoms with Crippen molar-refractivity contribution < 1.29 is 17.6 Å². The van der Waals surface area contributed by atoms with Crippen LogP contribution < -0.4 is 5.32 Å². The number of amides is 1. The molecule has 1 aliphatic rings. The number of hydrogen-bond acceptors (Lipinski definition) is 6. The Bertz CT molecular complexity index is 1490. The second-order valence-electron chi connectivity index (χ2n) is 8.65. The van der Waals surface area contributed by atoms with Crippen molar-refractivity contribution in [2.75, 3.05) is 29.9 Å². The molecule has 184 valence electrons. The molecule has 0 atom stereocenters. The molecule has 1 amide bonds. The van der Waals surface area contributed by atoms with Crippen molar-refractivity contribution in [3.8, 4) is 22.8 Å². The summed E-state index contributed by atoms with van der Waals surface area (Å²) in [4.78, 5) is 19.3. The Morgan fingerprint density at radius 2 is 1.75 bits per heavy atom. The van der Waals surface area contributed by atoms with Crippen LogP contribution >= 0.6 is 0 Å². The minimum Gasteiger partial charge on any atom is -0.322 e. The van der Waals surface area contributed by atoms with Gasteiger partial charge < -0.3 is 5.32 Å². The van der Waals surface area contributed by atoms with Crippen LogP contribution in [0.3, 0.4) is 0 Å². The summed E-state index contributed by atoms with van der Waals surface area (Å²) in [5, 5.41) is 9.83. The summed E-state index contributed by atoms with van der Waals surface area (Å²) in [5.41, 5.74) is 3.14. The summed E-state index contributed by atoms with van der Waals surface area (Å²) < 4.78 is 37.3. The SMILES string of the molecule is O=C(Nc1ccc(-c2n[nH]c(-c3ccccc3F)n2)cc1)c1cccc(CN2CCS(=O)(=O)CC2)c1. The fourth-order valence-electron chi connectivity index (χ4n) is 4.05. The summed E-state index contributed by atoms with van der Waals surface area (Å²) in [6.07, 6.45) is 0. The van der Waals surface area contributed by atoms with E-state index in [4.69, 9.17) is 0 Å². The molecule has 0 saturated carbocycles. The highest BCUT2D eigenvalue weighted by molar-refractivity contribution is 7.91. The average molecular weight is 506 g/mol. The van der Waals surface area contributed by atoms with E-state index in [0.29, 0.717) is 48.1 Å². The Balaban J connectivity index is 1.23. The van der Waals surface area contributed by atoms with Gasteiger partial charge in [-0.3, -0.25) is 14.8 Å². The van der Waals surface area contributed by atoms with Gasteiger partial charge in [-0.25, -0.2) is 17.8 Å². The van der Waals surface area contributed by atoms with Crippen molar-refractivity contribution in [1.82, 2.24) is 20.1 Å². The second-order valence-corrected chi connectivity index (χ2v) is 11.0. The molecule has 8 nitrogen and oxygen atoms in total. The lowest BCUT2D eigenvalue weighted by Crippen LogP contribution is -2.39. The van der Waals surface area contributed by atoms with Crippen LogP contribution in [0.4, 0.5) is 10.1 Å². The van der Waals surface area contributed by atoms with Gasteiger partial charge in [0.15, 0.2) is 21.5 Å². The van der Waals surface area contributed by atoms with Gasteiger partial charge >= 0.3 is 0 Å². The maximum absolute atomic E-state index is 14.0. The molecule has 0 aliphatic carbocycles. The second kappa shape index (κ2) is 10.00. The standard InChI is InChI=1S/C26H24FN5O3S/c27-23-7-2-1-6-22(23)25-29-24(30-31-25)19-8-10-21(11-9-19)28-26(33)20-5-3-4-18(16-20)17-32-12-14-36(34,35)15-13-32/h1-11,16H,12-15,17H2,(H,28,33)(H,29,30,31). The van der Waals surface area contributed by atoms with Gasteiger partial charge in [0, 0.05) is 36.4 Å². The number of nitrogens with zero attached hydrogens (tertiary/aromatic N) is 3. The number of H-pyrrole nitrogens is 1. The Hall–Kier alpha value is -3.89. The molecule has 3 aromatic carbocycles. The Morgan fingerprint density at radius 3 is 2.50 bits per heavy atom. The molecule has 2 heterocycles. The van der Waals surface area contributed by atoms with E-state index in [1.165, 1.54) is 6.07 Å². The van der Waals surface area contributed by atoms with Crippen LogP contribution in [0, 0.1) is 5.82 Å². The third-order valence-corrected chi connectivity index (χ3v) is 7.66. The van der Waals surface area contributed by atoms with E-state index in [2.05, 4.69) is 25.4 Å². The average Bonchev–Trinajstić information content (AvgIpc) is 3.36. The molecule has 1 aliphatic heterocycles. The number of carbonyl (C=O) groups is 1. The summed E-state index contributed by atoms with van der Waals surface area (Å²) in [7, 11) is -2.93. The fourth-order valence-corrected chi connectivity index (χ4v) is 5.32. The maximum Gasteiger partial charge on any atom is 0.255 e. The molecule has 2 N–H and O–H groups in total. The van der Waals surface area contributed by atoms with Crippen molar-refractivity contribution in [3.63, 3.8) is 0 Å². The lowest BCUT2D eigenvalue weighted by Gasteiger charge is -2.26. The summed E-state index contributed by atoms with van der Waals surface area (Å²) in [5.74, 6) is 0.468. The zero-order chi connectivity index (χ0) is 25.1. The van der Waals surface area contributed by atoms with Gasteiger partial charge in [0.2, 0.25) is 0 Å². The first-order valence-electron chi connectivity index (χ1n) is 11.5. The van der Waals surface area contributed by atoms with Crippen LogP contribution in [0.1, 0.15) is 15.9 Å². The normalized spacial score (nSPS) is 15.5. The number of halogens is 1. The highest BCUT2D eigenvalue weighted by atomic mass is 32.2. The zero-order valence-electron chi connectivity index (χ0n) is 19.3. The van der Waals surface area contributed by atoms with Gasteiger partial charge in [-0.2, -0.15) is 5.10 Å². The lowest BCUT2D eigenvalue weighted by atomic mass is 10.1. The topological polar surface area (TPSA) is 108 Å². The van der Waals surface area contributed by atoms with E-state index < -0.39 is 9.84 Å². The molecular weight excluding hydrogens is 481 g/mol. The van der Waals surface area contributed by atoms with Crippen molar-refractivity contribution in [2.24, 2.45) is 0 Å². The molecule has 1 fully saturated rings. The van der Waals surface area contributed by atoms with Gasteiger partial charge in [0.1, 0.15) is 5.82 Å². The summed E-state index contributed by atoms with van der Waals surface area (Å²) >= 11 is 0. The van der Waals surface area contributed by atoms with E-state index in [1.807, 2.05) is 18.2 Å². The number of carbonyl (C=O) groups excluding carboxylic acids is 1. The smallest absolute Gasteiger partial charge is 0.255 e. The Labute approximate surface area is 208 Å². The molecular formula is C26H24FN5O3S. The number of rotatable bonds is 6. The van der Waals surface area contributed by atoms with Gasteiger partial charge in [-0.15, -0.1) is 0 Å². The van der Waals surface area contributed by atoms with E-state index in [9.17, 15) is 17.6 Å². The number of aromatic nitrogens is 3.